The molecule has 3 nitrogen and oxygen atoms in total. The van der Waals surface area contributed by atoms with Gasteiger partial charge in [0.2, 0.25) is 5.78 Å². The number of ether oxygens (including phenoxy) is 1. The zero-order chi connectivity index (χ0) is 18.6. The maximum atomic E-state index is 11.1. The van der Waals surface area contributed by atoms with Crippen LogP contribution in [0.25, 0.3) is 0 Å². The smallest absolute Gasteiger partial charge is 0.375 e. The topological polar surface area (TPSA) is 43.4 Å². The van der Waals surface area contributed by atoms with E-state index >= 15 is 0 Å². The first-order valence-electron chi connectivity index (χ1n) is 10.5. The van der Waals surface area contributed by atoms with Crippen molar-refractivity contribution in [2.75, 3.05) is 12.4 Å². The third-order valence-corrected chi connectivity index (χ3v) is 4.89. The van der Waals surface area contributed by atoms with Crippen molar-refractivity contribution in [2.24, 2.45) is 0 Å². The maximum Gasteiger partial charge on any atom is 0.375 e. The van der Waals surface area contributed by atoms with Crippen LogP contribution < -0.4 is 0 Å². The molecule has 0 aliphatic heterocycles. The largest absolute Gasteiger partial charge is 0.460 e. The molecule has 0 aromatic heterocycles. The van der Waals surface area contributed by atoms with E-state index in [0.29, 0.717) is 6.61 Å². The quantitative estimate of drug-likeness (QED) is 0.125. The molecular formula is C21H40O3S. The van der Waals surface area contributed by atoms with Crippen LogP contribution in [0.1, 0.15) is 110 Å². The van der Waals surface area contributed by atoms with E-state index in [-0.39, 0.29) is 5.75 Å². The van der Waals surface area contributed by atoms with E-state index in [1.807, 2.05) is 0 Å². The minimum absolute atomic E-state index is 0.0716. The predicted molar refractivity (Wildman–Crippen MR) is 109 cm³/mol. The fourth-order valence-corrected chi connectivity index (χ4v) is 3.09. The number of hydrogen-bond acceptors (Lipinski definition) is 4. The number of rotatable bonds is 19. The molecule has 148 valence electrons. The van der Waals surface area contributed by atoms with Crippen LogP contribution in [0.4, 0.5) is 0 Å². The summed E-state index contributed by atoms with van der Waals surface area (Å²) in [4.78, 5) is 22.1. The molecule has 0 aliphatic carbocycles. The first kappa shape index (κ1) is 24.5. The minimum atomic E-state index is -0.740. The van der Waals surface area contributed by atoms with Crippen molar-refractivity contribution in [2.45, 2.75) is 110 Å². The summed E-state index contributed by atoms with van der Waals surface area (Å²) in [6.45, 7) is 2.63. The van der Waals surface area contributed by atoms with E-state index < -0.39 is 11.8 Å². The van der Waals surface area contributed by atoms with Crippen LogP contribution in [0.2, 0.25) is 0 Å². The van der Waals surface area contributed by atoms with E-state index in [0.717, 1.165) is 12.8 Å². The Balaban J connectivity index is 3.10. The van der Waals surface area contributed by atoms with Gasteiger partial charge in [0.25, 0.3) is 0 Å². The lowest BCUT2D eigenvalue weighted by atomic mass is 10.0. The molecule has 0 saturated heterocycles. The summed E-state index contributed by atoms with van der Waals surface area (Å²) in [5.74, 6) is -1.37. The fraction of sp³-hybridized carbons (Fsp3) is 0.905. The van der Waals surface area contributed by atoms with Crippen LogP contribution in [0.15, 0.2) is 0 Å². The van der Waals surface area contributed by atoms with Gasteiger partial charge in [0.05, 0.1) is 12.4 Å². The summed E-state index contributed by atoms with van der Waals surface area (Å²) in [5, 5.41) is 0. The van der Waals surface area contributed by atoms with Gasteiger partial charge in [0.15, 0.2) is 0 Å². The van der Waals surface area contributed by atoms with E-state index in [1.54, 1.807) is 0 Å². The zero-order valence-corrected chi connectivity index (χ0v) is 17.3. The normalized spacial score (nSPS) is 10.8. The lowest BCUT2D eigenvalue weighted by Crippen LogP contribution is -2.19. The molecule has 0 aromatic carbocycles. The van der Waals surface area contributed by atoms with Gasteiger partial charge in [-0.25, -0.2) is 4.79 Å². The minimum Gasteiger partial charge on any atom is -0.460 e. The maximum absolute atomic E-state index is 11.1. The second-order valence-corrected chi connectivity index (χ2v) is 7.34. The van der Waals surface area contributed by atoms with Gasteiger partial charge in [-0.05, 0) is 6.42 Å². The van der Waals surface area contributed by atoms with Gasteiger partial charge in [0.1, 0.15) is 0 Å². The molecular weight excluding hydrogens is 332 g/mol. The van der Waals surface area contributed by atoms with Gasteiger partial charge >= 0.3 is 5.97 Å². The van der Waals surface area contributed by atoms with Crippen molar-refractivity contribution < 1.29 is 14.3 Å². The summed E-state index contributed by atoms with van der Waals surface area (Å²) in [6, 6.07) is 0. The van der Waals surface area contributed by atoms with Gasteiger partial charge in [-0.15, -0.1) is 0 Å². The number of Topliss-reactive ketones (excluding diaryl/α,β-unsaturated/α-hetero) is 1. The third-order valence-electron chi connectivity index (χ3n) is 4.60. The Hall–Kier alpha value is -0.510. The number of esters is 1. The Labute approximate surface area is 161 Å². The van der Waals surface area contributed by atoms with Crippen molar-refractivity contribution in [3.63, 3.8) is 0 Å². The molecule has 0 aliphatic rings. The molecule has 0 N–H and O–H groups in total. The molecule has 0 heterocycles. The molecule has 0 unspecified atom stereocenters. The highest BCUT2D eigenvalue weighted by atomic mass is 32.1. The molecule has 0 amide bonds. The molecule has 0 radical (unpaired) electrons. The fourth-order valence-electron chi connectivity index (χ4n) is 2.96. The van der Waals surface area contributed by atoms with Gasteiger partial charge in [-0.2, -0.15) is 12.6 Å². The lowest BCUT2D eigenvalue weighted by molar-refractivity contribution is -0.152. The molecule has 4 heteroatoms. The summed E-state index contributed by atoms with van der Waals surface area (Å²) < 4.78 is 4.88. The van der Waals surface area contributed by atoms with E-state index in [4.69, 9.17) is 4.74 Å². The number of carbonyl (C=O) groups is 2. The predicted octanol–water partition coefficient (Wildman–Crippen LogP) is 6.29. The Morgan fingerprint density at radius 2 is 1.00 bits per heavy atom. The molecule has 25 heavy (non-hydrogen) atoms. The highest BCUT2D eigenvalue weighted by Gasteiger charge is 2.12. The van der Waals surface area contributed by atoms with Gasteiger partial charge in [-0.3, -0.25) is 4.79 Å². The molecule has 0 aromatic rings. The summed E-state index contributed by atoms with van der Waals surface area (Å²) >= 11 is 3.76. The standard InChI is InChI=1S/C21H40O3S/c1-2-3-4-5-6-7-8-9-10-11-12-13-14-15-16-17-18-24-21(23)20(22)19-25/h25H,2-19H2,1H3. The summed E-state index contributed by atoms with van der Waals surface area (Å²) in [6.07, 6.45) is 21.1. The zero-order valence-electron chi connectivity index (χ0n) is 16.4. The number of carbonyl (C=O) groups excluding carboxylic acids is 2. The second kappa shape index (κ2) is 19.8. The van der Waals surface area contributed by atoms with Gasteiger partial charge in [0, 0.05) is 0 Å². The van der Waals surface area contributed by atoms with Crippen molar-refractivity contribution in [3.8, 4) is 0 Å². The molecule has 0 bridgehead atoms. The SMILES string of the molecule is CCCCCCCCCCCCCCCCCCOC(=O)C(=O)CS. The summed E-state index contributed by atoms with van der Waals surface area (Å²) in [7, 11) is 0. The number of hydrogen-bond donors (Lipinski definition) is 1. The second-order valence-electron chi connectivity index (χ2n) is 7.02. The molecule has 0 rings (SSSR count). The van der Waals surface area contributed by atoms with Crippen molar-refractivity contribution >= 4 is 24.4 Å². The highest BCUT2D eigenvalue weighted by Crippen LogP contribution is 2.13. The van der Waals surface area contributed by atoms with Crippen LogP contribution in [0, 0.1) is 0 Å². The third kappa shape index (κ3) is 18.1. The van der Waals surface area contributed by atoms with Gasteiger partial charge in [-0.1, -0.05) is 103 Å². The van der Waals surface area contributed by atoms with Crippen molar-refractivity contribution in [1.82, 2.24) is 0 Å². The molecule has 0 fully saturated rings. The van der Waals surface area contributed by atoms with Crippen LogP contribution in [-0.2, 0) is 14.3 Å². The molecule has 0 saturated carbocycles. The summed E-state index contributed by atoms with van der Waals surface area (Å²) in [5.41, 5.74) is 0. The average Bonchev–Trinajstić information content (AvgIpc) is 2.63. The Morgan fingerprint density at radius 3 is 1.36 bits per heavy atom. The van der Waals surface area contributed by atoms with Crippen molar-refractivity contribution in [3.05, 3.63) is 0 Å². The highest BCUT2D eigenvalue weighted by molar-refractivity contribution is 7.81. The first-order valence-corrected chi connectivity index (χ1v) is 11.2. The Morgan fingerprint density at radius 1 is 0.640 bits per heavy atom. The van der Waals surface area contributed by atoms with E-state index in [1.165, 1.54) is 89.9 Å². The number of ketones is 1. The monoisotopic (exact) mass is 372 g/mol. The first-order chi connectivity index (χ1) is 12.2. The van der Waals surface area contributed by atoms with E-state index in [9.17, 15) is 9.59 Å². The lowest BCUT2D eigenvalue weighted by Gasteiger charge is -2.04. The Bertz CT molecular complexity index is 318. The number of unbranched alkanes of at least 4 members (excludes halogenated alkanes) is 15. The molecule has 0 atom stereocenters. The van der Waals surface area contributed by atoms with Crippen LogP contribution in [0.5, 0.6) is 0 Å². The van der Waals surface area contributed by atoms with E-state index in [2.05, 4.69) is 19.6 Å². The van der Waals surface area contributed by atoms with Crippen LogP contribution >= 0.6 is 12.6 Å². The Kier molecular flexibility index (Phi) is 19.4. The van der Waals surface area contributed by atoms with Gasteiger partial charge < -0.3 is 4.74 Å². The molecule has 0 spiro atoms. The van der Waals surface area contributed by atoms with Crippen LogP contribution in [-0.4, -0.2) is 24.1 Å². The number of thiol groups is 1. The van der Waals surface area contributed by atoms with Crippen molar-refractivity contribution in [1.29, 1.82) is 0 Å². The van der Waals surface area contributed by atoms with Crippen LogP contribution in [0.3, 0.4) is 0 Å². The average molecular weight is 373 g/mol.